The number of ketones is 1. The Balaban J connectivity index is 2.50. The van der Waals surface area contributed by atoms with E-state index in [-0.39, 0.29) is 5.78 Å². The number of hydrogen-bond acceptors (Lipinski definition) is 2. The van der Waals surface area contributed by atoms with Crippen LogP contribution >= 0.6 is 0 Å². The molecule has 0 fully saturated rings. The fraction of sp³-hybridized carbons (Fsp3) is 0.500. The van der Waals surface area contributed by atoms with Crippen LogP contribution in [0.3, 0.4) is 0 Å². The largest absolute Gasteiger partial charge is 0.330 e. The summed E-state index contributed by atoms with van der Waals surface area (Å²) < 4.78 is 0. The van der Waals surface area contributed by atoms with E-state index in [1.165, 1.54) is 0 Å². The molecule has 16 heavy (non-hydrogen) atoms. The lowest BCUT2D eigenvalue weighted by Crippen LogP contribution is -2.08. The first-order chi connectivity index (χ1) is 7.65. The van der Waals surface area contributed by atoms with Crippen molar-refractivity contribution in [3.8, 4) is 0 Å². The Bertz CT molecular complexity index is 346. The fourth-order valence-electron chi connectivity index (χ4n) is 1.83. The van der Waals surface area contributed by atoms with Gasteiger partial charge in [0.1, 0.15) is 0 Å². The summed E-state index contributed by atoms with van der Waals surface area (Å²) in [6.45, 7) is 4.84. The summed E-state index contributed by atoms with van der Waals surface area (Å²) in [6.07, 6.45) is 2.57. The van der Waals surface area contributed by atoms with Crippen LogP contribution < -0.4 is 5.73 Å². The molecule has 2 N–H and O–H groups in total. The summed E-state index contributed by atoms with van der Waals surface area (Å²) in [4.78, 5) is 11.9. The first kappa shape index (κ1) is 12.9. The number of hydrogen-bond donors (Lipinski definition) is 1. The maximum Gasteiger partial charge on any atom is 0.163 e. The molecule has 0 bridgehead atoms. The van der Waals surface area contributed by atoms with Crippen LogP contribution in [0.4, 0.5) is 0 Å². The lowest BCUT2D eigenvalue weighted by molar-refractivity contribution is 0.0973. The highest BCUT2D eigenvalue weighted by Gasteiger charge is 2.10. The Morgan fingerprint density at radius 2 is 2.00 bits per heavy atom. The summed E-state index contributed by atoms with van der Waals surface area (Å²) in [7, 11) is 0. The van der Waals surface area contributed by atoms with Crippen molar-refractivity contribution in [2.24, 2.45) is 11.7 Å². The van der Waals surface area contributed by atoms with E-state index in [0.717, 1.165) is 24.0 Å². The maximum absolute atomic E-state index is 11.9. The predicted molar refractivity (Wildman–Crippen MR) is 67.6 cm³/mol. The maximum atomic E-state index is 11.9. The Morgan fingerprint density at radius 1 is 1.31 bits per heavy atom. The molecule has 2 nitrogen and oxygen atoms in total. The molecule has 1 unspecified atom stereocenters. The van der Waals surface area contributed by atoms with Crippen molar-refractivity contribution in [2.75, 3.05) is 6.54 Å². The second-order valence-corrected chi connectivity index (χ2v) is 4.46. The lowest BCUT2D eigenvalue weighted by atomic mass is 9.96. The van der Waals surface area contributed by atoms with Crippen LogP contribution in [0.15, 0.2) is 24.3 Å². The Hall–Kier alpha value is -1.15. The molecule has 0 saturated heterocycles. The summed E-state index contributed by atoms with van der Waals surface area (Å²) in [5.41, 5.74) is 7.42. The normalized spacial score (nSPS) is 12.4. The molecule has 0 heterocycles. The van der Waals surface area contributed by atoms with Gasteiger partial charge in [0.25, 0.3) is 0 Å². The van der Waals surface area contributed by atoms with Crippen molar-refractivity contribution in [3.63, 3.8) is 0 Å². The average molecular weight is 219 g/mol. The van der Waals surface area contributed by atoms with Crippen LogP contribution in [0, 0.1) is 12.8 Å². The molecule has 1 atom stereocenters. The molecular weight excluding hydrogens is 198 g/mol. The third-order valence-corrected chi connectivity index (χ3v) is 2.97. The Morgan fingerprint density at radius 3 is 2.62 bits per heavy atom. The molecule has 0 aromatic heterocycles. The van der Waals surface area contributed by atoms with Gasteiger partial charge < -0.3 is 5.73 Å². The van der Waals surface area contributed by atoms with E-state index in [2.05, 4.69) is 6.92 Å². The Kier molecular flexibility index (Phi) is 5.20. The monoisotopic (exact) mass is 219 g/mol. The van der Waals surface area contributed by atoms with E-state index in [4.69, 9.17) is 5.73 Å². The van der Waals surface area contributed by atoms with Crippen LogP contribution in [0.1, 0.15) is 42.1 Å². The summed E-state index contributed by atoms with van der Waals surface area (Å²) in [5.74, 6) is 0.792. The standard InChI is InChI=1S/C14H21NO/c1-11(9-10-15)7-8-14(16)13-6-4-3-5-12(13)2/h3-6,11H,7-10,15H2,1-2H3. The number of carbonyl (C=O) groups is 1. The number of benzene rings is 1. The third-order valence-electron chi connectivity index (χ3n) is 2.97. The van der Waals surface area contributed by atoms with Crippen molar-refractivity contribution < 1.29 is 4.79 Å². The molecule has 0 radical (unpaired) electrons. The van der Waals surface area contributed by atoms with Gasteiger partial charge in [-0.2, -0.15) is 0 Å². The molecule has 88 valence electrons. The topological polar surface area (TPSA) is 43.1 Å². The van der Waals surface area contributed by atoms with E-state index in [1.807, 2.05) is 31.2 Å². The minimum atomic E-state index is 0.252. The fourth-order valence-corrected chi connectivity index (χ4v) is 1.83. The molecule has 0 aliphatic rings. The van der Waals surface area contributed by atoms with Gasteiger partial charge in [0.05, 0.1) is 0 Å². The minimum absolute atomic E-state index is 0.252. The van der Waals surface area contributed by atoms with Crippen LogP contribution in [-0.2, 0) is 0 Å². The van der Waals surface area contributed by atoms with E-state index < -0.39 is 0 Å². The summed E-state index contributed by atoms with van der Waals surface area (Å²) in [5, 5.41) is 0. The van der Waals surface area contributed by atoms with Gasteiger partial charge in [-0.1, -0.05) is 31.2 Å². The molecule has 0 spiro atoms. The highest BCUT2D eigenvalue weighted by molar-refractivity contribution is 5.97. The van der Waals surface area contributed by atoms with Gasteiger partial charge in [0, 0.05) is 12.0 Å². The van der Waals surface area contributed by atoms with Crippen LogP contribution in [-0.4, -0.2) is 12.3 Å². The molecule has 1 aromatic rings. The molecule has 2 heteroatoms. The number of carbonyl (C=O) groups excluding carboxylic acids is 1. The molecule has 0 amide bonds. The molecule has 1 rings (SSSR count). The number of aryl methyl sites for hydroxylation is 1. The first-order valence-corrected chi connectivity index (χ1v) is 5.94. The van der Waals surface area contributed by atoms with Crippen molar-refractivity contribution in [3.05, 3.63) is 35.4 Å². The van der Waals surface area contributed by atoms with Crippen LogP contribution in [0.2, 0.25) is 0 Å². The van der Waals surface area contributed by atoms with Gasteiger partial charge in [0.15, 0.2) is 5.78 Å². The second kappa shape index (κ2) is 6.44. The summed E-state index contributed by atoms with van der Waals surface area (Å²) in [6, 6.07) is 7.77. The second-order valence-electron chi connectivity index (χ2n) is 4.46. The first-order valence-electron chi connectivity index (χ1n) is 5.94. The molecular formula is C14H21NO. The van der Waals surface area contributed by atoms with Crippen LogP contribution in [0.25, 0.3) is 0 Å². The van der Waals surface area contributed by atoms with Gasteiger partial charge in [0.2, 0.25) is 0 Å². The van der Waals surface area contributed by atoms with E-state index in [9.17, 15) is 4.79 Å². The van der Waals surface area contributed by atoms with E-state index in [0.29, 0.717) is 18.9 Å². The molecule has 0 aliphatic heterocycles. The van der Waals surface area contributed by atoms with Crippen molar-refractivity contribution in [1.29, 1.82) is 0 Å². The third kappa shape index (κ3) is 3.78. The van der Waals surface area contributed by atoms with Crippen molar-refractivity contribution >= 4 is 5.78 Å². The Labute approximate surface area is 97.9 Å². The van der Waals surface area contributed by atoms with Gasteiger partial charge in [-0.3, -0.25) is 4.79 Å². The number of Topliss-reactive ketones (excluding diaryl/α,β-unsaturated/α-hetero) is 1. The predicted octanol–water partition coefficient (Wildman–Crippen LogP) is 2.94. The molecule has 1 aromatic carbocycles. The van der Waals surface area contributed by atoms with Gasteiger partial charge in [-0.15, -0.1) is 0 Å². The average Bonchev–Trinajstić information content (AvgIpc) is 2.27. The quantitative estimate of drug-likeness (QED) is 0.747. The number of rotatable bonds is 6. The van der Waals surface area contributed by atoms with E-state index >= 15 is 0 Å². The molecule has 0 aliphatic carbocycles. The zero-order chi connectivity index (χ0) is 12.0. The van der Waals surface area contributed by atoms with Crippen LogP contribution in [0.5, 0.6) is 0 Å². The summed E-state index contributed by atoms with van der Waals surface area (Å²) >= 11 is 0. The van der Waals surface area contributed by atoms with Gasteiger partial charge >= 0.3 is 0 Å². The highest BCUT2D eigenvalue weighted by atomic mass is 16.1. The lowest BCUT2D eigenvalue weighted by Gasteiger charge is -2.09. The number of nitrogens with two attached hydrogens (primary N) is 1. The van der Waals surface area contributed by atoms with Crippen molar-refractivity contribution in [2.45, 2.75) is 33.1 Å². The van der Waals surface area contributed by atoms with E-state index in [1.54, 1.807) is 0 Å². The minimum Gasteiger partial charge on any atom is -0.330 e. The SMILES string of the molecule is Cc1ccccc1C(=O)CCC(C)CCN. The molecule has 0 saturated carbocycles. The van der Waals surface area contributed by atoms with Gasteiger partial charge in [-0.25, -0.2) is 0 Å². The highest BCUT2D eigenvalue weighted by Crippen LogP contribution is 2.15. The van der Waals surface area contributed by atoms with Crippen molar-refractivity contribution in [1.82, 2.24) is 0 Å². The zero-order valence-electron chi connectivity index (χ0n) is 10.2. The smallest absolute Gasteiger partial charge is 0.163 e. The zero-order valence-corrected chi connectivity index (χ0v) is 10.2. The van der Waals surface area contributed by atoms with Gasteiger partial charge in [-0.05, 0) is 37.8 Å².